The molecule has 0 unspecified atom stereocenters. The third-order valence-electron chi connectivity index (χ3n) is 1.28. The third-order valence-corrected chi connectivity index (χ3v) is 1.28. The second-order valence-electron chi connectivity index (χ2n) is 2.08. The molecule has 0 atom stereocenters. The Kier molecular flexibility index (Phi) is 5.23. The predicted molar refractivity (Wildman–Crippen MR) is 42.2 cm³/mol. The molecule has 0 fully saturated rings. The van der Waals surface area contributed by atoms with E-state index in [1.54, 1.807) is 0 Å². The maximum absolute atomic E-state index is 10.7. The molecule has 12 heavy (non-hydrogen) atoms. The van der Waals surface area contributed by atoms with Crippen LogP contribution in [0, 0.1) is 5.41 Å². The standard InChI is InChI=1S/C7H13NO4/c1-10-6(9)4-5(8)7(11-2)12-3/h7-8H,4H2,1-3H3. The quantitative estimate of drug-likeness (QED) is 0.368. The highest BCUT2D eigenvalue weighted by Crippen LogP contribution is 1.98. The summed E-state index contributed by atoms with van der Waals surface area (Å²) in [6.07, 6.45) is -0.868. The Bertz CT molecular complexity index is 165. The van der Waals surface area contributed by atoms with E-state index in [9.17, 15) is 4.79 Å². The van der Waals surface area contributed by atoms with E-state index in [2.05, 4.69) is 4.74 Å². The van der Waals surface area contributed by atoms with Crippen LogP contribution in [0.15, 0.2) is 0 Å². The molecule has 0 aromatic rings. The summed E-state index contributed by atoms with van der Waals surface area (Å²) in [6.45, 7) is 0. The van der Waals surface area contributed by atoms with Gasteiger partial charge in [0.1, 0.15) is 0 Å². The highest BCUT2D eigenvalue weighted by molar-refractivity contribution is 5.98. The largest absolute Gasteiger partial charge is 0.469 e. The van der Waals surface area contributed by atoms with E-state index in [1.165, 1.54) is 21.3 Å². The van der Waals surface area contributed by atoms with Crippen molar-refractivity contribution in [1.29, 1.82) is 5.41 Å². The lowest BCUT2D eigenvalue weighted by Crippen LogP contribution is -2.26. The maximum Gasteiger partial charge on any atom is 0.311 e. The van der Waals surface area contributed by atoms with Gasteiger partial charge in [-0.25, -0.2) is 0 Å². The van der Waals surface area contributed by atoms with Crippen LogP contribution >= 0.6 is 0 Å². The lowest BCUT2D eigenvalue weighted by atomic mass is 10.2. The van der Waals surface area contributed by atoms with E-state index in [0.717, 1.165) is 0 Å². The lowest BCUT2D eigenvalue weighted by Gasteiger charge is -2.13. The number of hydrogen-bond donors (Lipinski definition) is 1. The van der Waals surface area contributed by atoms with E-state index < -0.39 is 12.3 Å². The average molecular weight is 175 g/mol. The topological polar surface area (TPSA) is 68.6 Å². The molecule has 0 rings (SSSR count). The number of methoxy groups -OCH3 is 3. The molecule has 0 aromatic carbocycles. The molecule has 0 aliphatic rings. The second kappa shape index (κ2) is 5.68. The zero-order chi connectivity index (χ0) is 9.56. The molecule has 1 N–H and O–H groups in total. The minimum absolute atomic E-state index is 0.0480. The Labute approximate surface area is 71.1 Å². The van der Waals surface area contributed by atoms with Gasteiger partial charge in [0.2, 0.25) is 0 Å². The fourth-order valence-corrected chi connectivity index (χ4v) is 0.692. The first-order chi connectivity index (χ1) is 5.65. The fourth-order valence-electron chi connectivity index (χ4n) is 0.692. The summed E-state index contributed by atoms with van der Waals surface area (Å²) in [5.74, 6) is -0.473. The van der Waals surface area contributed by atoms with Crippen LogP contribution in [0.3, 0.4) is 0 Å². The Hall–Kier alpha value is -0.940. The minimum atomic E-state index is -0.760. The molecule has 0 bridgehead atoms. The van der Waals surface area contributed by atoms with Crippen LogP contribution in [0.5, 0.6) is 0 Å². The Morgan fingerprint density at radius 2 is 1.83 bits per heavy atom. The van der Waals surface area contributed by atoms with Gasteiger partial charge >= 0.3 is 5.97 Å². The number of nitrogens with one attached hydrogen (secondary N) is 1. The van der Waals surface area contributed by atoms with Crippen LogP contribution in [0.4, 0.5) is 0 Å². The fraction of sp³-hybridized carbons (Fsp3) is 0.714. The summed E-state index contributed by atoms with van der Waals surface area (Å²) >= 11 is 0. The Balaban J connectivity index is 3.92. The van der Waals surface area contributed by atoms with Crippen LogP contribution in [0.1, 0.15) is 6.42 Å². The molecule has 0 aliphatic carbocycles. The van der Waals surface area contributed by atoms with Gasteiger partial charge in [0.15, 0.2) is 6.29 Å². The van der Waals surface area contributed by atoms with Gasteiger partial charge < -0.3 is 19.6 Å². The molecule has 0 amide bonds. The van der Waals surface area contributed by atoms with Gasteiger partial charge in [0.05, 0.1) is 19.2 Å². The number of carbonyl (C=O) groups excluding carboxylic acids is 1. The van der Waals surface area contributed by atoms with Crippen LogP contribution in [0.25, 0.3) is 0 Å². The zero-order valence-electron chi connectivity index (χ0n) is 7.42. The van der Waals surface area contributed by atoms with Crippen molar-refractivity contribution in [2.24, 2.45) is 0 Å². The highest BCUT2D eigenvalue weighted by atomic mass is 16.7. The zero-order valence-corrected chi connectivity index (χ0v) is 7.42. The van der Waals surface area contributed by atoms with E-state index in [-0.39, 0.29) is 12.1 Å². The van der Waals surface area contributed by atoms with Crippen molar-refractivity contribution in [3.63, 3.8) is 0 Å². The smallest absolute Gasteiger partial charge is 0.311 e. The Morgan fingerprint density at radius 3 is 2.17 bits per heavy atom. The van der Waals surface area contributed by atoms with E-state index >= 15 is 0 Å². The minimum Gasteiger partial charge on any atom is -0.469 e. The molecule has 0 radical (unpaired) electrons. The van der Waals surface area contributed by atoms with Gasteiger partial charge in [-0.1, -0.05) is 0 Å². The average Bonchev–Trinajstić information content (AvgIpc) is 2.06. The SMILES string of the molecule is COC(=O)CC(=N)C(OC)OC. The maximum atomic E-state index is 10.7. The van der Waals surface area contributed by atoms with Crippen molar-refractivity contribution in [1.82, 2.24) is 0 Å². The highest BCUT2D eigenvalue weighted by Gasteiger charge is 2.15. The van der Waals surface area contributed by atoms with Gasteiger partial charge in [-0.2, -0.15) is 0 Å². The summed E-state index contributed by atoms with van der Waals surface area (Å²) in [5, 5.41) is 7.33. The summed E-state index contributed by atoms with van der Waals surface area (Å²) in [5.41, 5.74) is 0.0480. The summed E-state index contributed by atoms with van der Waals surface area (Å²) in [7, 11) is 4.07. The molecule has 5 heteroatoms. The van der Waals surface area contributed by atoms with Gasteiger partial charge in [0.25, 0.3) is 0 Å². The second-order valence-corrected chi connectivity index (χ2v) is 2.08. The number of rotatable bonds is 5. The number of hydrogen-bond acceptors (Lipinski definition) is 5. The van der Waals surface area contributed by atoms with Gasteiger partial charge in [-0.3, -0.25) is 4.79 Å². The van der Waals surface area contributed by atoms with E-state index in [4.69, 9.17) is 14.9 Å². The molecule has 0 aliphatic heterocycles. The van der Waals surface area contributed by atoms with Crippen molar-refractivity contribution in [3.8, 4) is 0 Å². The summed E-state index contributed by atoms with van der Waals surface area (Å²) < 4.78 is 13.9. The number of carbonyl (C=O) groups is 1. The molecule has 0 spiro atoms. The third kappa shape index (κ3) is 3.45. The van der Waals surface area contributed by atoms with Crippen LogP contribution in [-0.4, -0.2) is 39.3 Å². The monoisotopic (exact) mass is 175 g/mol. The van der Waals surface area contributed by atoms with Crippen LogP contribution < -0.4 is 0 Å². The first-order valence-corrected chi connectivity index (χ1v) is 3.35. The lowest BCUT2D eigenvalue weighted by molar-refractivity contribution is -0.139. The van der Waals surface area contributed by atoms with Gasteiger partial charge in [0, 0.05) is 14.2 Å². The summed E-state index contributed by atoms with van der Waals surface area (Å²) in [6, 6.07) is 0. The van der Waals surface area contributed by atoms with Crippen LogP contribution in [-0.2, 0) is 19.0 Å². The Morgan fingerprint density at radius 1 is 1.33 bits per heavy atom. The number of ether oxygens (including phenoxy) is 3. The van der Waals surface area contributed by atoms with Crippen molar-refractivity contribution in [3.05, 3.63) is 0 Å². The normalized spacial score (nSPS) is 10.0. The molecule has 70 valence electrons. The molecule has 0 saturated carbocycles. The van der Waals surface area contributed by atoms with E-state index in [0.29, 0.717) is 0 Å². The summed E-state index contributed by atoms with van der Waals surface area (Å²) in [4.78, 5) is 10.7. The van der Waals surface area contributed by atoms with Crippen molar-refractivity contribution in [2.75, 3.05) is 21.3 Å². The molecular weight excluding hydrogens is 162 g/mol. The van der Waals surface area contributed by atoms with Crippen molar-refractivity contribution in [2.45, 2.75) is 12.7 Å². The first kappa shape index (κ1) is 11.1. The van der Waals surface area contributed by atoms with Crippen LogP contribution in [0.2, 0.25) is 0 Å². The molecule has 5 nitrogen and oxygen atoms in total. The molecular formula is C7H13NO4. The van der Waals surface area contributed by atoms with Gasteiger partial charge in [-0.05, 0) is 0 Å². The molecule has 0 heterocycles. The van der Waals surface area contributed by atoms with Crippen molar-refractivity contribution < 1.29 is 19.0 Å². The van der Waals surface area contributed by atoms with Crippen molar-refractivity contribution >= 4 is 11.7 Å². The first-order valence-electron chi connectivity index (χ1n) is 3.35. The van der Waals surface area contributed by atoms with E-state index in [1.807, 2.05) is 0 Å². The predicted octanol–water partition coefficient (Wildman–Crippen LogP) is 0.188. The molecule has 0 aromatic heterocycles. The van der Waals surface area contributed by atoms with Gasteiger partial charge in [-0.15, -0.1) is 0 Å². The number of esters is 1. The molecule has 0 saturated heterocycles.